The molecule has 0 fully saturated rings. The second kappa shape index (κ2) is 5.24. The van der Waals surface area contributed by atoms with Crippen molar-refractivity contribution in [2.45, 2.75) is 34.6 Å². The van der Waals surface area contributed by atoms with E-state index in [0.29, 0.717) is 6.61 Å². The van der Waals surface area contributed by atoms with Gasteiger partial charge in [0.05, 0.1) is 12.3 Å². The Bertz CT molecular complexity index is 339. The Balaban J connectivity index is 2.79. The van der Waals surface area contributed by atoms with Gasteiger partial charge in [0.15, 0.2) is 0 Å². The van der Waals surface area contributed by atoms with Gasteiger partial charge in [-0.05, 0) is 37.0 Å². The fourth-order valence-electron chi connectivity index (χ4n) is 1.42. The zero-order chi connectivity index (χ0) is 12.2. The molecule has 0 atom stereocenters. The maximum atomic E-state index is 5.59. The lowest BCUT2D eigenvalue weighted by Gasteiger charge is -2.21. The van der Waals surface area contributed by atoms with Gasteiger partial charge in [-0.15, -0.1) is 0 Å². The van der Waals surface area contributed by atoms with Gasteiger partial charge < -0.3 is 10.1 Å². The molecule has 1 aromatic carbocycles. The van der Waals surface area contributed by atoms with Crippen LogP contribution in [-0.2, 0) is 0 Å². The zero-order valence-corrected chi connectivity index (χ0v) is 11.1. The molecular formula is C14H23NO. The minimum absolute atomic E-state index is 0.271. The molecule has 0 amide bonds. The molecule has 0 radical (unpaired) electrons. The van der Waals surface area contributed by atoms with Crippen LogP contribution in [0, 0.1) is 12.3 Å². The highest BCUT2D eigenvalue weighted by molar-refractivity contribution is 5.58. The summed E-state index contributed by atoms with van der Waals surface area (Å²) in [4.78, 5) is 0. The van der Waals surface area contributed by atoms with Gasteiger partial charge in [-0.3, -0.25) is 0 Å². The van der Waals surface area contributed by atoms with Gasteiger partial charge in [0.2, 0.25) is 0 Å². The van der Waals surface area contributed by atoms with E-state index in [0.717, 1.165) is 18.0 Å². The second-order valence-electron chi connectivity index (χ2n) is 5.35. The minimum atomic E-state index is 0.271. The molecule has 1 rings (SSSR count). The Morgan fingerprint density at radius 1 is 1.25 bits per heavy atom. The van der Waals surface area contributed by atoms with Crippen LogP contribution in [0.1, 0.15) is 33.3 Å². The standard InChI is InChI=1S/C14H23NO/c1-6-16-13-8-7-11(2)9-12(13)15-10-14(3,4)5/h7-9,15H,6,10H2,1-5H3. The Morgan fingerprint density at radius 3 is 2.50 bits per heavy atom. The predicted molar refractivity (Wildman–Crippen MR) is 70.3 cm³/mol. The van der Waals surface area contributed by atoms with E-state index in [1.807, 2.05) is 13.0 Å². The van der Waals surface area contributed by atoms with E-state index in [1.54, 1.807) is 0 Å². The average Bonchev–Trinajstić information content (AvgIpc) is 2.17. The molecule has 0 aliphatic carbocycles. The van der Waals surface area contributed by atoms with Crippen molar-refractivity contribution in [2.24, 2.45) is 5.41 Å². The number of anilines is 1. The van der Waals surface area contributed by atoms with Crippen molar-refractivity contribution < 1.29 is 4.74 Å². The lowest BCUT2D eigenvalue weighted by Crippen LogP contribution is -2.19. The quantitative estimate of drug-likeness (QED) is 0.833. The van der Waals surface area contributed by atoms with E-state index in [1.165, 1.54) is 5.56 Å². The fraction of sp³-hybridized carbons (Fsp3) is 0.571. The number of aryl methyl sites for hydroxylation is 1. The highest BCUT2D eigenvalue weighted by Gasteiger charge is 2.11. The van der Waals surface area contributed by atoms with Gasteiger partial charge in [-0.25, -0.2) is 0 Å². The molecule has 0 saturated heterocycles. The SMILES string of the molecule is CCOc1ccc(C)cc1NCC(C)(C)C. The summed E-state index contributed by atoms with van der Waals surface area (Å²) >= 11 is 0. The van der Waals surface area contributed by atoms with Gasteiger partial charge in [0.25, 0.3) is 0 Å². The summed E-state index contributed by atoms with van der Waals surface area (Å²) in [6.07, 6.45) is 0. The fourth-order valence-corrected chi connectivity index (χ4v) is 1.42. The third-order valence-corrected chi connectivity index (χ3v) is 2.24. The Labute approximate surface area is 99.0 Å². The molecule has 0 aliphatic heterocycles. The van der Waals surface area contributed by atoms with E-state index in [9.17, 15) is 0 Å². The largest absolute Gasteiger partial charge is 0.492 e. The highest BCUT2D eigenvalue weighted by Crippen LogP contribution is 2.27. The number of benzene rings is 1. The van der Waals surface area contributed by atoms with Gasteiger partial charge >= 0.3 is 0 Å². The first-order valence-electron chi connectivity index (χ1n) is 5.90. The summed E-state index contributed by atoms with van der Waals surface area (Å²) in [5.41, 5.74) is 2.62. The first kappa shape index (κ1) is 12.9. The molecule has 1 N–H and O–H groups in total. The van der Waals surface area contributed by atoms with Crippen LogP contribution in [0.25, 0.3) is 0 Å². The number of ether oxygens (including phenoxy) is 1. The molecule has 0 unspecified atom stereocenters. The van der Waals surface area contributed by atoms with Crippen molar-refractivity contribution in [3.63, 3.8) is 0 Å². The van der Waals surface area contributed by atoms with Gasteiger partial charge in [-0.1, -0.05) is 26.8 Å². The molecular weight excluding hydrogens is 198 g/mol. The van der Waals surface area contributed by atoms with Crippen LogP contribution in [0.3, 0.4) is 0 Å². The van der Waals surface area contributed by atoms with Crippen molar-refractivity contribution in [1.29, 1.82) is 0 Å². The molecule has 2 nitrogen and oxygen atoms in total. The van der Waals surface area contributed by atoms with Crippen LogP contribution >= 0.6 is 0 Å². The maximum absolute atomic E-state index is 5.59. The van der Waals surface area contributed by atoms with Crippen molar-refractivity contribution in [3.8, 4) is 5.75 Å². The molecule has 0 bridgehead atoms. The summed E-state index contributed by atoms with van der Waals surface area (Å²) in [6, 6.07) is 6.24. The van der Waals surface area contributed by atoms with E-state index < -0.39 is 0 Å². The maximum Gasteiger partial charge on any atom is 0.142 e. The smallest absolute Gasteiger partial charge is 0.142 e. The third kappa shape index (κ3) is 4.13. The molecule has 0 aromatic heterocycles. The summed E-state index contributed by atoms with van der Waals surface area (Å²) in [5.74, 6) is 0.942. The van der Waals surface area contributed by atoms with Gasteiger partial charge in [0.1, 0.15) is 5.75 Å². The Morgan fingerprint density at radius 2 is 1.94 bits per heavy atom. The summed E-state index contributed by atoms with van der Waals surface area (Å²) in [7, 11) is 0. The molecule has 1 aromatic rings. The predicted octanol–water partition coefficient (Wildman–Crippen LogP) is 3.85. The van der Waals surface area contributed by atoms with Crippen molar-refractivity contribution >= 4 is 5.69 Å². The molecule has 90 valence electrons. The van der Waals surface area contributed by atoms with Crippen molar-refractivity contribution in [3.05, 3.63) is 23.8 Å². The Hall–Kier alpha value is -1.18. The van der Waals surface area contributed by atoms with Crippen LogP contribution in [0.2, 0.25) is 0 Å². The number of rotatable bonds is 4. The monoisotopic (exact) mass is 221 g/mol. The second-order valence-corrected chi connectivity index (χ2v) is 5.35. The van der Waals surface area contributed by atoms with E-state index in [4.69, 9.17) is 4.74 Å². The molecule has 0 spiro atoms. The van der Waals surface area contributed by atoms with Crippen molar-refractivity contribution in [2.75, 3.05) is 18.5 Å². The Kier molecular flexibility index (Phi) is 4.22. The number of nitrogens with one attached hydrogen (secondary N) is 1. The van der Waals surface area contributed by atoms with Gasteiger partial charge in [0, 0.05) is 6.54 Å². The highest BCUT2D eigenvalue weighted by atomic mass is 16.5. The van der Waals surface area contributed by atoms with Crippen molar-refractivity contribution in [1.82, 2.24) is 0 Å². The van der Waals surface area contributed by atoms with Crippen LogP contribution < -0.4 is 10.1 Å². The first-order valence-corrected chi connectivity index (χ1v) is 5.90. The lowest BCUT2D eigenvalue weighted by molar-refractivity contribution is 0.341. The minimum Gasteiger partial charge on any atom is -0.492 e. The van der Waals surface area contributed by atoms with E-state index in [-0.39, 0.29) is 5.41 Å². The number of hydrogen-bond donors (Lipinski definition) is 1. The topological polar surface area (TPSA) is 21.3 Å². The van der Waals surface area contributed by atoms with Gasteiger partial charge in [-0.2, -0.15) is 0 Å². The zero-order valence-electron chi connectivity index (χ0n) is 11.1. The molecule has 0 aliphatic rings. The number of hydrogen-bond acceptors (Lipinski definition) is 2. The normalized spacial score (nSPS) is 11.3. The molecule has 2 heteroatoms. The van der Waals surface area contributed by atoms with Crippen LogP contribution in [0.5, 0.6) is 5.75 Å². The summed E-state index contributed by atoms with van der Waals surface area (Å²) in [5, 5.41) is 3.45. The van der Waals surface area contributed by atoms with Crippen LogP contribution in [-0.4, -0.2) is 13.2 Å². The van der Waals surface area contributed by atoms with Crippen LogP contribution in [0.4, 0.5) is 5.69 Å². The van der Waals surface area contributed by atoms with E-state index >= 15 is 0 Å². The first-order chi connectivity index (χ1) is 7.42. The summed E-state index contributed by atoms with van der Waals surface area (Å²) in [6.45, 7) is 12.4. The summed E-state index contributed by atoms with van der Waals surface area (Å²) < 4.78 is 5.59. The molecule has 16 heavy (non-hydrogen) atoms. The van der Waals surface area contributed by atoms with Crippen LogP contribution in [0.15, 0.2) is 18.2 Å². The average molecular weight is 221 g/mol. The molecule has 0 heterocycles. The third-order valence-electron chi connectivity index (χ3n) is 2.24. The van der Waals surface area contributed by atoms with E-state index in [2.05, 4.69) is 45.1 Å². The lowest BCUT2D eigenvalue weighted by atomic mass is 9.97. The molecule has 0 saturated carbocycles.